The Bertz CT molecular complexity index is 157. The Labute approximate surface area is 81.7 Å². The van der Waals surface area contributed by atoms with Crippen LogP contribution in [0.25, 0.3) is 0 Å². The van der Waals surface area contributed by atoms with E-state index >= 15 is 0 Å². The van der Waals surface area contributed by atoms with Gasteiger partial charge in [0.15, 0.2) is 0 Å². The lowest BCUT2D eigenvalue weighted by molar-refractivity contribution is 0.181. The fourth-order valence-corrected chi connectivity index (χ4v) is 2.22. The van der Waals surface area contributed by atoms with Crippen molar-refractivity contribution in [3.05, 3.63) is 0 Å². The van der Waals surface area contributed by atoms with Crippen molar-refractivity contribution in [2.75, 3.05) is 20.1 Å². The number of likely N-dealkylation sites (N-methyl/N-ethyl adjacent to an activating group) is 1. The Hall–Kier alpha value is -0.0800. The van der Waals surface area contributed by atoms with Crippen molar-refractivity contribution in [3.8, 4) is 0 Å². The van der Waals surface area contributed by atoms with Crippen molar-refractivity contribution >= 4 is 0 Å². The first kappa shape index (κ1) is 9.47. The van der Waals surface area contributed by atoms with Gasteiger partial charge in [0, 0.05) is 25.2 Å². The molecule has 1 saturated carbocycles. The van der Waals surface area contributed by atoms with Gasteiger partial charge >= 0.3 is 0 Å². The SMILES string of the molecule is CC1CCC(N(C)CC2CC2)CN1. The van der Waals surface area contributed by atoms with E-state index in [4.69, 9.17) is 0 Å². The molecule has 0 spiro atoms. The van der Waals surface area contributed by atoms with Crippen LogP contribution in [-0.2, 0) is 0 Å². The maximum absolute atomic E-state index is 3.56. The molecule has 1 aliphatic heterocycles. The molecule has 0 amide bonds. The van der Waals surface area contributed by atoms with Crippen LogP contribution >= 0.6 is 0 Å². The van der Waals surface area contributed by atoms with E-state index in [-0.39, 0.29) is 0 Å². The summed E-state index contributed by atoms with van der Waals surface area (Å²) in [6.07, 6.45) is 5.68. The summed E-state index contributed by atoms with van der Waals surface area (Å²) < 4.78 is 0. The summed E-state index contributed by atoms with van der Waals surface area (Å²) in [5.41, 5.74) is 0. The van der Waals surface area contributed by atoms with Crippen molar-refractivity contribution in [1.82, 2.24) is 10.2 Å². The highest BCUT2D eigenvalue weighted by Crippen LogP contribution is 2.30. The van der Waals surface area contributed by atoms with Gasteiger partial charge in [-0.05, 0) is 45.6 Å². The second-order valence-electron chi connectivity index (χ2n) is 4.92. The molecular weight excluding hydrogens is 160 g/mol. The van der Waals surface area contributed by atoms with Crippen LogP contribution in [0.1, 0.15) is 32.6 Å². The first-order chi connectivity index (χ1) is 6.25. The van der Waals surface area contributed by atoms with Crippen LogP contribution in [-0.4, -0.2) is 37.1 Å². The van der Waals surface area contributed by atoms with Gasteiger partial charge in [0.2, 0.25) is 0 Å². The molecule has 2 rings (SSSR count). The number of hydrogen-bond donors (Lipinski definition) is 1. The van der Waals surface area contributed by atoms with Gasteiger partial charge in [-0.25, -0.2) is 0 Å². The smallest absolute Gasteiger partial charge is 0.0218 e. The number of piperidine rings is 1. The van der Waals surface area contributed by atoms with Crippen molar-refractivity contribution < 1.29 is 0 Å². The van der Waals surface area contributed by atoms with Crippen molar-refractivity contribution in [2.45, 2.75) is 44.7 Å². The summed E-state index contributed by atoms with van der Waals surface area (Å²) in [5.74, 6) is 1.03. The van der Waals surface area contributed by atoms with E-state index in [1.165, 1.54) is 38.8 Å². The predicted octanol–water partition coefficient (Wildman–Crippen LogP) is 1.47. The standard InChI is InChI=1S/C11H22N2/c1-9-3-6-11(7-12-9)13(2)8-10-4-5-10/h9-12H,3-8H2,1-2H3. The molecule has 2 atom stereocenters. The summed E-state index contributed by atoms with van der Waals surface area (Å²) >= 11 is 0. The van der Waals surface area contributed by atoms with E-state index in [0.717, 1.165) is 18.0 Å². The van der Waals surface area contributed by atoms with Gasteiger partial charge in [-0.2, -0.15) is 0 Å². The van der Waals surface area contributed by atoms with E-state index in [1.54, 1.807) is 0 Å². The minimum Gasteiger partial charge on any atom is -0.313 e. The summed E-state index contributed by atoms with van der Waals surface area (Å²) in [5, 5.41) is 3.56. The van der Waals surface area contributed by atoms with Gasteiger partial charge in [0.05, 0.1) is 0 Å². The van der Waals surface area contributed by atoms with Crippen LogP contribution in [0.3, 0.4) is 0 Å². The Balaban J connectivity index is 1.72. The lowest BCUT2D eigenvalue weighted by atomic mass is 10.0. The van der Waals surface area contributed by atoms with Gasteiger partial charge in [-0.3, -0.25) is 0 Å². The molecule has 0 radical (unpaired) electrons. The van der Waals surface area contributed by atoms with Crippen LogP contribution in [0, 0.1) is 5.92 Å². The molecule has 2 unspecified atom stereocenters. The lowest BCUT2D eigenvalue weighted by Crippen LogP contribution is -2.47. The van der Waals surface area contributed by atoms with Gasteiger partial charge in [0.25, 0.3) is 0 Å². The van der Waals surface area contributed by atoms with E-state index in [0.29, 0.717) is 0 Å². The Morgan fingerprint density at radius 1 is 1.23 bits per heavy atom. The maximum Gasteiger partial charge on any atom is 0.0218 e. The minimum absolute atomic E-state index is 0.741. The topological polar surface area (TPSA) is 15.3 Å². The summed E-state index contributed by atoms with van der Waals surface area (Å²) in [7, 11) is 2.29. The Kier molecular flexibility index (Phi) is 2.89. The molecule has 1 aliphatic carbocycles. The zero-order valence-electron chi connectivity index (χ0n) is 8.92. The molecular formula is C11H22N2. The van der Waals surface area contributed by atoms with Gasteiger partial charge in [-0.15, -0.1) is 0 Å². The molecule has 1 N–H and O–H groups in total. The monoisotopic (exact) mass is 182 g/mol. The second kappa shape index (κ2) is 3.97. The fourth-order valence-electron chi connectivity index (χ4n) is 2.22. The molecule has 0 aromatic heterocycles. The number of hydrogen-bond acceptors (Lipinski definition) is 2. The van der Waals surface area contributed by atoms with Crippen LogP contribution in [0.4, 0.5) is 0 Å². The second-order valence-corrected chi connectivity index (χ2v) is 4.92. The zero-order chi connectivity index (χ0) is 9.26. The first-order valence-electron chi connectivity index (χ1n) is 5.69. The molecule has 2 aliphatic rings. The molecule has 1 saturated heterocycles. The molecule has 2 heteroatoms. The summed E-state index contributed by atoms with van der Waals surface area (Å²) in [6.45, 7) is 4.82. The molecule has 0 bridgehead atoms. The van der Waals surface area contributed by atoms with E-state index in [2.05, 4.69) is 24.2 Å². The van der Waals surface area contributed by atoms with Gasteiger partial charge in [-0.1, -0.05) is 0 Å². The molecule has 2 fully saturated rings. The van der Waals surface area contributed by atoms with Gasteiger partial charge < -0.3 is 10.2 Å². The van der Waals surface area contributed by atoms with Crippen molar-refractivity contribution in [1.29, 1.82) is 0 Å². The molecule has 76 valence electrons. The predicted molar refractivity (Wildman–Crippen MR) is 55.8 cm³/mol. The quantitative estimate of drug-likeness (QED) is 0.711. The Morgan fingerprint density at radius 3 is 2.54 bits per heavy atom. The summed E-state index contributed by atoms with van der Waals surface area (Å²) in [6, 6.07) is 1.54. The van der Waals surface area contributed by atoms with Crippen molar-refractivity contribution in [2.24, 2.45) is 5.92 Å². The highest BCUT2D eigenvalue weighted by Gasteiger charge is 2.27. The largest absolute Gasteiger partial charge is 0.313 e. The number of nitrogens with one attached hydrogen (secondary N) is 1. The minimum atomic E-state index is 0.741. The first-order valence-corrected chi connectivity index (χ1v) is 5.69. The molecule has 13 heavy (non-hydrogen) atoms. The number of rotatable bonds is 3. The lowest BCUT2D eigenvalue weighted by Gasteiger charge is -2.34. The van der Waals surface area contributed by atoms with E-state index < -0.39 is 0 Å². The highest BCUT2D eigenvalue weighted by atomic mass is 15.2. The van der Waals surface area contributed by atoms with Crippen LogP contribution in [0.2, 0.25) is 0 Å². The van der Waals surface area contributed by atoms with Crippen LogP contribution < -0.4 is 5.32 Å². The Morgan fingerprint density at radius 2 is 2.00 bits per heavy atom. The average molecular weight is 182 g/mol. The van der Waals surface area contributed by atoms with Crippen molar-refractivity contribution in [3.63, 3.8) is 0 Å². The molecule has 2 nitrogen and oxygen atoms in total. The van der Waals surface area contributed by atoms with E-state index in [1.807, 2.05) is 0 Å². The molecule has 0 aromatic carbocycles. The summed E-state index contributed by atoms with van der Waals surface area (Å²) in [4.78, 5) is 2.57. The fraction of sp³-hybridized carbons (Fsp3) is 1.00. The van der Waals surface area contributed by atoms with E-state index in [9.17, 15) is 0 Å². The third kappa shape index (κ3) is 2.68. The number of nitrogens with zero attached hydrogens (tertiary/aromatic N) is 1. The third-order valence-corrected chi connectivity index (χ3v) is 3.50. The van der Waals surface area contributed by atoms with Gasteiger partial charge in [0.1, 0.15) is 0 Å². The average Bonchev–Trinajstić information content (AvgIpc) is 2.89. The molecule has 1 heterocycles. The van der Waals surface area contributed by atoms with Crippen LogP contribution in [0.5, 0.6) is 0 Å². The zero-order valence-corrected chi connectivity index (χ0v) is 8.92. The normalized spacial score (nSPS) is 35.3. The van der Waals surface area contributed by atoms with Crippen LogP contribution in [0.15, 0.2) is 0 Å². The highest BCUT2D eigenvalue weighted by molar-refractivity contribution is 4.84. The molecule has 0 aromatic rings. The maximum atomic E-state index is 3.56. The third-order valence-electron chi connectivity index (χ3n) is 3.50.